The van der Waals surface area contributed by atoms with Gasteiger partial charge in [-0.05, 0) is 35.2 Å². The molecule has 0 N–H and O–H groups in total. The Morgan fingerprint density at radius 3 is 2.61 bits per heavy atom. The Morgan fingerprint density at radius 2 is 1.78 bits per heavy atom. The van der Waals surface area contributed by atoms with Crippen LogP contribution in [0, 0.1) is 0 Å². The van der Waals surface area contributed by atoms with Gasteiger partial charge in [0.1, 0.15) is 0 Å². The standard InChI is InChI=1S/C16H14ClN/c17-14-7-5-12(6-8-14)11-16-15-4-2-1-3-13(15)9-10-18-16/h1-8H,9-11H2. The number of aliphatic imine (C=N–C) groups is 1. The second-order valence-electron chi connectivity index (χ2n) is 4.54. The Balaban J connectivity index is 1.89. The third-order valence-electron chi connectivity index (χ3n) is 3.30. The molecule has 0 bridgehead atoms. The van der Waals surface area contributed by atoms with E-state index in [-0.39, 0.29) is 0 Å². The van der Waals surface area contributed by atoms with Gasteiger partial charge in [-0.25, -0.2) is 0 Å². The van der Waals surface area contributed by atoms with Crippen LogP contribution >= 0.6 is 11.6 Å². The lowest BCUT2D eigenvalue weighted by molar-refractivity contribution is 0.934. The maximum Gasteiger partial charge on any atom is 0.0467 e. The number of fused-ring (bicyclic) bond motifs is 1. The van der Waals surface area contributed by atoms with Gasteiger partial charge in [-0.15, -0.1) is 0 Å². The van der Waals surface area contributed by atoms with Crippen molar-refractivity contribution in [3.63, 3.8) is 0 Å². The van der Waals surface area contributed by atoms with E-state index in [4.69, 9.17) is 11.6 Å². The Morgan fingerprint density at radius 1 is 1.00 bits per heavy atom. The zero-order valence-corrected chi connectivity index (χ0v) is 10.8. The van der Waals surface area contributed by atoms with E-state index in [2.05, 4.69) is 41.4 Å². The summed E-state index contributed by atoms with van der Waals surface area (Å²) in [6.45, 7) is 0.903. The first-order chi connectivity index (χ1) is 8.83. The van der Waals surface area contributed by atoms with E-state index in [0.29, 0.717) is 0 Å². The molecule has 1 aliphatic rings. The van der Waals surface area contributed by atoms with Gasteiger partial charge in [0.25, 0.3) is 0 Å². The lowest BCUT2D eigenvalue weighted by atomic mass is 9.94. The van der Waals surface area contributed by atoms with Crippen molar-refractivity contribution in [2.24, 2.45) is 4.99 Å². The molecule has 0 spiro atoms. The maximum atomic E-state index is 5.91. The van der Waals surface area contributed by atoms with Crippen LogP contribution in [0.2, 0.25) is 5.02 Å². The molecule has 18 heavy (non-hydrogen) atoms. The summed E-state index contributed by atoms with van der Waals surface area (Å²) in [6, 6.07) is 16.6. The van der Waals surface area contributed by atoms with E-state index < -0.39 is 0 Å². The average Bonchev–Trinajstić information content (AvgIpc) is 2.42. The summed E-state index contributed by atoms with van der Waals surface area (Å²) in [7, 11) is 0. The molecule has 1 aliphatic heterocycles. The van der Waals surface area contributed by atoms with Crippen LogP contribution in [0.4, 0.5) is 0 Å². The molecule has 0 amide bonds. The molecule has 90 valence electrons. The monoisotopic (exact) mass is 255 g/mol. The minimum absolute atomic E-state index is 0.782. The Hall–Kier alpha value is -1.60. The predicted octanol–water partition coefficient (Wildman–Crippen LogP) is 3.93. The highest BCUT2D eigenvalue weighted by molar-refractivity contribution is 6.30. The van der Waals surface area contributed by atoms with Crippen LogP contribution in [0.3, 0.4) is 0 Å². The first-order valence-electron chi connectivity index (χ1n) is 6.19. The topological polar surface area (TPSA) is 12.4 Å². The summed E-state index contributed by atoms with van der Waals surface area (Å²) in [5.74, 6) is 0. The van der Waals surface area contributed by atoms with Crippen molar-refractivity contribution in [1.82, 2.24) is 0 Å². The lowest BCUT2D eigenvalue weighted by Gasteiger charge is -2.16. The number of benzene rings is 2. The van der Waals surface area contributed by atoms with Crippen molar-refractivity contribution in [1.29, 1.82) is 0 Å². The van der Waals surface area contributed by atoms with Crippen molar-refractivity contribution < 1.29 is 0 Å². The van der Waals surface area contributed by atoms with Crippen molar-refractivity contribution >= 4 is 17.3 Å². The van der Waals surface area contributed by atoms with Crippen LogP contribution in [0.1, 0.15) is 16.7 Å². The van der Waals surface area contributed by atoms with Crippen molar-refractivity contribution in [2.75, 3.05) is 6.54 Å². The van der Waals surface area contributed by atoms with Crippen LogP contribution in [-0.4, -0.2) is 12.3 Å². The molecular weight excluding hydrogens is 242 g/mol. The Labute approximate surface area is 112 Å². The van der Waals surface area contributed by atoms with Gasteiger partial charge in [0.15, 0.2) is 0 Å². The minimum Gasteiger partial charge on any atom is -0.288 e. The number of rotatable bonds is 2. The molecule has 0 radical (unpaired) electrons. The third kappa shape index (κ3) is 2.32. The highest BCUT2D eigenvalue weighted by Gasteiger charge is 2.13. The highest BCUT2D eigenvalue weighted by atomic mass is 35.5. The molecule has 2 aromatic carbocycles. The summed E-state index contributed by atoms with van der Waals surface area (Å²) >= 11 is 5.91. The molecule has 2 heteroatoms. The Kier molecular flexibility index (Phi) is 3.16. The first kappa shape index (κ1) is 11.5. The van der Waals surface area contributed by atoms with Gasteiger partial charge in [0.05, 0.1) is 0 Å². The maximum absolute atomic E-state index is 5.91. The van der Waals surface area contributed by atoms with Gasteiger partial charge in [0, 0.05) is 23.7 Å². The number of hydrogen-bond acceptors (Lipinski definition) is 1. The van der Waals surface area contributed by atoms with Gasteiger partial charge in [-0.2, -0.15) is 0 Å². The fourth-order valence-corrected chi connectivity index (χ4v) is 2.49. The van der Waals surface area contributed by atoms with Crippen LogP contribution in [-0.2, 0) is 12.8 Å². The lowest BCUT2D eigenvalue weighted by Crippen LogP contribution is -2.15. The number of nitrogens with zero attached hydrogens (tertiary/aromatic N) is 1. The summed E-state index contributed by atoms with van der Waals surface area (Å²) in [6.07, 6.45) is 1.94. The van der Waals surface area contributed by atoms with Crippen LogP contribution in [0.15, 0.2) is 53.5 Å². The first-order valence-corrected chi connectivity index (χ1v) is 6.57. The molecule has 1 nitrogen and oxygen atoms in total. The molecule has 1 heterocycles. The van der Waals surface area contributed by atoms with Gasteiger partial charge in [-0.1, -0.05) is 48.0 Å². The van der Waals surface area contributed by atoms with Gasteiger partial charge < -0.3 is 0 Å². The molecular formula is C16H14ClN. The van der Waals surface area contributed by atoms with E-state index in [9.17, 15) is 0 Å². The molecule has 2 aromatic rings. The van der Waals surface area contributed by atoms with E-state index in [1.165, 1.54) is 22.4 Å². The highest BCUT2D eigenvalue weighted by Crippen LogP contribution is 2.19. The molecule has 0 atom stereocenters. The molecule has 0 unspecified atom stereocenters. The predicted molar refractivity (Wildman–Crippen MR) is 76.7 cm³/mol. The van der Waals surface area contributed by atoms with Gasteiger partial charge >= 0.3 is 0 Å². The van der Waals surface area contributed by atoms with Crippen LogP contribution < -0.4 is 0 Å². The second-order valence-corrected chi connectivity index (χ2v) is 4.98. The third-order valence-corrected chi connectivity index (χ3v) is 3.55. The average molecular weight is 256 g/mol. The van der Waals surface area contributed by atoms with Crippen molar-refractivity contribution in [3.8, 4) is 0 Å². The van der Waals surface area contributed by atoms with Gasteiger partial charge in [-0.3, -0.25) is 4.99 Å². The molecule has 0 aromatic heterocycles. The summed E-state index contributed by atoms with van der Waals surface area (Å²) in [5.41, 5.74) is 5.17. The smallest absolute Gasteiger partial charge is 0.0467 e. The largest absolute Gasteiger partial charge is 0.288 e. The zero-order chi connectivity index (χ0) is 12.4. The van der Waals surface area contributed by atoms with Crippen molar-refractivity contribution in [2.45, 2.75) is 12.8 Å². The quantitative estimate of drug-likeness (QED) is 0.771. The van der Waals surface area contributed by atoms with E-state index in [1.54, 1.807) is 0 Å². The van der Waals surface area contributed by atoms with Gasteiger partial charge in [0.2, 0.25) is 0 Å². The normalized spacial score (nSPS) is 13.9. The number of halogens is 1. The van der Waals surface area contributed by atoms with Crippen LogP contribution in [0.25, 0.3) is 0 Å². The number of hydrogen-bond donors (Lipinski definition) is 0. The Bertz CT molecular complexity index is 584. The summed E-state index contributed by atoms with van der Waals surface area (Å²) < 4.78 is 0. The summed E-state index contributed by atoms with van der Waals surface area (Å²) in [5, 5.41) is 0.782. The van der Waals surface area contributed by atoms with E-state index >= 15 is 0 Å². The summed E-state index contributed by atoms with van der Waals surface area (Å²) in [4.78, 5) is 4.67. The SMILES string of the molecule is Clc1ccc(CC2=NCCc3ccccc32)cc1. The second kappa shape index (κ2) is 4.95. The molecule has 3 rings (SSSR count). The zero-order valence-electron chi connectivity index (χ0n) is 10.1. The van der Waals surface area contributed by atoms with E-state index in [1.807, 2.05) is 12.1 Å². The minimum atomic E-state index is 0.782. The molecule has 0 saturated carbocycles. The fourth-order valence-electron chi connectivity index (χ4n) is 2.36. The molecule has 0 fully saturated rings. The molecule has 0 aliphatic carbocycles. The van der Waals surface area contributed by atoms with Crippen LogP contribution in [0.5, 0.6) is 0 Å². The molecule has 0 saturated heterocycles. The van der Waals surface area contributed by atoms with Crippen molar-refractivity contribution in [3.05, 3.63) is 70.2 Å². The van der Waals surface area contributed by atoms with E-state index in [0.717, 1.165) is 24.4 Å². The fraction of sp³-hybridized carbons (Fsp3) is 0.188.